The Labute approximate surface area is 110 Å². The van der Waals surface area contributed by atoms with Gasteiger partial charge in [-0.1, -0.05) is 0 Å². The van der Waals surface area contributed by atoms with Gasteiger partial charge in [-0.25, -0.2) is 4.79 Å². The Hall–Kier alpha value is -2.87. The molecule has 19 heavy (non-hydrogen) atoms. The fraction of sp³-hybridized carbons (Fsp3) is 0.0714. The molecule has 1 heterocycles. The number of aromatic nitrogens is 1. The van der Waals surface area contributed by atoms with Crippen LogP contribution in [-0.4, -0.2) is 23.2 Å². The van der Waals surface area contributed by atoms with Crippen LogP contribution in [0.3, 0.4) is 0 Å². The highest BCUT2D eigenvalue weighted by Gasteiger charge is 2.00. The van der Waals surface area contributed by atoms with Gasteiger partial charge >= 0.3 is 5.97 Å². The molecule has 0 amide bonds. The number of pyridine rings is 1. The second kappa shape index (κ2) is 7.45. The number of rotatable bonds is 2. The van der Waals surface area contributed by atoms with Crippen LogP contribution in [0.4, 0.5) is 0 Å². The summed E-state index contributed by atoms with van der Waals surface area (Å²) in [6, 6.07) is 11.6. The van der Waals surface area contributed by atoms with Gasteiger partial charge in [0.1, 0.15) is 5.75 Å². The fourth-order valence-corrected chi connectivity index (χ4v) is 1.16. The minimum Gasteiger partial charge on any atom is -0.497 e. The van der Waals surface area contributed by atoms with Crippen LogP contribution in [0.25, 0.3) is 0 Å². The molecule has 0 bridgehead atoms. The zero-order chi connectivity index (χ0) is 14.1. The molecule has 0 atom stereocenters. The Bertz CT molecular complexity index is 559. The van der Waals surface area contributed by atoms with E-state index in [0.717, 1.165) is 0 Å². The lowest BCUT2D eigenvalue weighted by Gasteiger charge is -1.98. The summed E-state index contributed by atoms with van der Waals surface area (Å²) in [7, 11) is 1.54. The van der Waals surface area contributed by atoms with Crippen molar-refractivity contribution in [1.29, 1.82) is 5.26 Å². The summed E-state index contributed by atoms with van der Waals surface area (Å²) >= 11 is 0. The second-order valence-electron chi connectivity index (χ2n) is 3.38. The largest absolute Gasteiger partial charge is 0.497 e. The van der Waals surface area contributed by atoms with Crippen molar-refractivity contribution in [3.8, 4) is 11.8 Å². The third-order valence-corrected chi connectivity index (χ3v) is 2.15. The number of nitrogens with zero attached hydrogens (tertiary/aromatic N) is 2. The number of hydrogen-bond acceptors (Lipinski definition) is 4. The van der Waals surface area contributed by atoms with Crippen LogP contribution in [0.2, 0.25) is 0 Å². The van der Waals surface area contributed by atoms with E-state index in [-0.39, 0.29) is 5.56 Å². The second-order valence-corrected chi connectivity index (χ2v) is 3.38. The summed E-state index contributed by atoms with van der Waals surface area (Å²) in [5.41, 5.74) is 0.922. The molecule has 0 aliphatic rings. The molecule has 0 saturated heterocycles. The van der Waals surface area contributed by atoms with E-state index in [2.05, 4.69) is 4.98 Å². The smallest absolute Gasteiger partial charge is 0.335 e. The maximum absolute atomic E-state index is 10.4. The van der Waals surface area contributed by atoms with Gasteiger partial charge in [0.2, 0.25) is 0 Å². The third-order valence-electron chi connectivity index (χ3n) is 2.15. The predicted molar refractivity (Wildman–Crippen MR) is 68.9 cm³/mol. The first-order valence-electron chi connectivity index (χ1n) is 5.35. The van der Waals surface area contributed by atoms with Crippen molar-refractivity contribution in [2.24, 2.45) is 0 Å². The van der Waals surface area contributed by atoms with E-state index in [1.54, 1.807) is 36.7 Å². The number of hydrogen-bond donors (Lipinski definition) is 1. The first-order chi connectivity index (χ1) is 9.17. The Morgan fingerprint density at radius 2 is 1.79 bits per heavy atom. The van der Waals surface area contributed by atoms with Gasteiger partial charge in [-0.3, -0.25) is 4.98 Å². The van der Waals surface area contributed by atoms with Crippen molar-refractivity contribution in [3.05, 3.63) is 59.9 Å². The minimum atomic E-state index is -0.923. The standard InChI is InChI=1S/C8H8O3.C6H4N2/c1-11-7-4-2-6(3-5-7)8(9)10;7-5-6-1-3-8-4-2-6/h2-5H,1H3,(H,9,10);1-4H. The SMILES string of the molecule is COc1ccc(C(=O)O)cc1.N#Cc1ccncc1. The zero-order valence-corrected chi connectivity index (χ0v) is 10.3. The lowest BCUT2D eigenvalue weighted by molar-refractivity contribution is 0.0697. The Balaban J connectivity index is 0.000000200. The lowest BCUT2D eigenvalue weighted by Crippen LogP contribution is -1.95. The number of nitriles is 1. The van der Waals surface area contributed by atoms with Crippen LogP contribution < -0.4 is 4.74 Å². The van der Waals surface area contributed by atoms with Crippen LogP contribution >= 0.6 is 0 Å². The first-order valence-corrected chi connectivity index (χ1v) is 5.35. The van der Waals surface area contributed by atoms with E-state index in [0.29, 0.717) is 11.3 Å². The molecule has 2 aromatic rings. The number of carboxylic acid groups (broad SMARTS) is 1. The predicted octanol–water partition coefficient (Wildman–Crippen LogP) is 2.35. The average molecular weight is 256 g/mol. The highest BCUT2D eigenvalue weighted by atomic mass is 16.5. The number of benzene rings is 1. The fourth-order valence-electron chi connectivity index (χ4n) is 1.16. The molecule has 5 heteroatoms. The van der Waals surface area contributed by atoms with Crippen molar-refractivity contribution >= 4 is 5.97 Å². The van der Waals surface area contributed by atoms with Gasteiger partial charge < -0.3 is 9.84 Å². The van der Waals surface area contributed by atoms with Crippen molar-refractivity contribution in [2.75, 3.05) is 7.11 Å². The Kier molecular flexibility index (Phi) is 5.57. The zero-order valence-electron chi connectivity index (χ0n) is 10.3. The molecular formula is C14H12N2O3. The summed E-state index contributed by atoms with van der Waals surface area (Å²) in [6.07, 6.45) is 3.19. The molecule has 0 fully saturated rings. The molecule has 0 aliphatic heterocycles. The van der Waals surface area contributed by atoms with Crippen LogP contribution in [0.1, 0.15) is 15.9 Å². The quantitative estimate of drug-likeness (QED) is 0.891. The van der Waals surface area contributed by atoms with Crippen molar-refractivity contribution in [1.82, 2.24) is 4.98 Å². The first kappa shape index (κ1) is 14.2. The monoisotopic (exact) mass is 256 g/mol. The molecular weight excluding hydrogens is 244 g/mol. The van der Waals surface area contributed by atoms with E-state index >= 15 is 0 Å². The molecule has 0 unspecified atom stereocenters. The van der Waals surface area contributed by atoms with Gasteiger partial charge in [-0.15, -0.1) is 0 Å². The van der Waals surface area contributed by atoms with Gasteiger partial charge in [-0.05, 0) is 36.4 Å². The van der Waals surface area contributed by atoms with Gasteiger partial charge in [0, 0.05) is 12.4 Å². The molecule has 1 aromatic carbocycles. The summed E-state index contributed by atoms with van der Waals surface area (Å²) < 4.78 is 4.86. The number of methoxy groups -OCH3 is 1. The highest BCUT2D eigenvalue weighted by Crippen LogP contribution is 2.10. The number of carboxylic acids is 1. The maximum Gasteiger partial charge on any atom is 0.335 e. The molecule has 96 valence electrons. The molecule has 2 rings (SSSR count). The Morgan fingerprint density at radius 1 is 1.21 bits per heavy atom. The van der Waals surface area contributed by atoms with Crippen LogP contribution in [0.5, 0.6) is 5.75 Å². The summed E-state index contributed by atoms with van der Waals surface area (Å²) in [5.74, 6) is -0.261. The van der Waals surface area contributed by atoms with E-state index in [4.69, 9.17) is 15.1 Å². The molecule has 1 aromatic heterocycles. The minimum absolute atomic E-state index is 0.269. The summed E-state index contributed by atoms with van der Waals surface area (Å²) in [6.45, 7) is 0. The van der Waals surface area contributed by atoms with E-state index in [1.807, 2.05) is 6.07 Å². The van der Waals surface area contributed by atoms with Crippen LogP contribution in [-0.2, 0) is 0 Å². The van der Waals surface area contributed by atoms with Gasteiger partial charge in [0.25, 0.3) is 0 Å². The maximum atomic E-state index is 10.4. The molecule has 0 aliphatic carbocycles. The van der Waals surface area contributed by atoms with Gasteiger partial charge in [-0.2, -0.15) is 5.26 Å². The summed E-state index contributed by atoms with van der Waals surface area (Å²) in [5, 5.41) is 16.8. The van der Waals surface area contributed by atoms with Gasteiger partial charge in [0.05, 0.1) is 24.3 Å². The number of aromatic carboxylic acids is 1. The average Bonchev–Trinajstić information content (AvgIpc) is 2.48. The van der Waals surface area contributed by atoms with Crippen molar-refractivity contribution in [2.45, 2.75) is 0 Å². The highest BCUT2D eigenvalue weighted by molar-refractivity contribution is 5.87. The van der Waals surface area contributed by atoms with E-state index < -0.39 is 5.97 Å². The van der Waals surface area contributed by atoms with Crippen LogP contribution in [0.15, 0.2) is 48.8 Å². The molecule has 0 saturated carbocycles. The molecule has 1 N–H and O–H groups in total. The van der Waals surface area contributed by atoms with E-state index in [1.165, 1.54) is 19.2 Å². The molecule has 5 nitrogen and oxygen atoms in total. The Morgan fingerprint density at radius 3 is 2.16 bits per heavy atom. The topological polar surface area (TPSA) is 83.2 Å². The van der Waals surface area contributed by atoms with Crippen molar-refractivity contribution < 1.29 is 14.6 Å². The number of carbonyl (C=O) groups is 1. The van der Waals surface area contributed by atoms with Gasteiger partial charge in [0.15, 0.2) is 0 Å². The number of ether oxygens (including phenoxy) is 1. The molecule has 0 spiro atoms. The lowest BCUT2D eigenvalue weighted by atomic mass is 10.2. The third kappa shape index (κ3) is 4.88. The van der Waals surface area contributed by atoms with Crippen LogP contribution in [0, 0.1) is 11.3 Å². The molecule has 0 radical (unpaired) electrons. The van der Waals surface area contributed by atoms with Crippen molar-refractivity contribution in [3.63, 3.8) is 0 Å². The normalized spacial score (nSPS) is 8.63. The summed E-state index contributed by atoms with van der Waals surface area (Å²) in [4.78, 5) is 14.1. The van der Waals surface area contributed by atoms with E-state index in [9.17, 15) is 4.79 Å².